The van der Waals surface area contributed by atoms with Crippen LogP contribution in [0.2, 0.25) is 0 Å². The van der Waals surface area contributed by atoms with Gasteiger partial charge < -0.3 is 0 Å². The molecule has 2 saturated carbocycles. The molecular weight excluding hydrogens is 292 g/mol. The Morgan fingerprint density at radius 3 is 2.67 bits per heavy atom. The molecule has 0 heterocycles. The molecule has 0 aliphatic heterocycles. The van der Waals surface area contributed by atoms with Crippen LogP contribution in [-0.2, 0) is 4.79 Å². The highest BCUT2D eigenvalue weighted by molar-refractivity contribution is 5.78. The topological polar surface area (TPSA) is 17.1 Å². The molecule has 0 radical (unpaired) electrons. The Kier molecular flexibility index (Phi) is 4.60. The van der Waals surface area contributed by atoms with Gasteiger partial charge in [0.25, 0.3) is 0 Å². The van der Waals surface area contributed by atoms with Crippen molar-refractivity contribution in [1.29, 1.82) is 0 Å². The number of carbonyl (C=O) groups excluding carboxylic acids is 1. The van der Waals surface area contributed by atoms with E-state index in [1.165, 1.54) is 44.9 Å². The molecule has 134 valence electrons. The molecule has 3 rings (SSSR count). The van der Waals surface area contributed by atoms with Crippen molar-refractivity contribution < 1.29 is 4.79 Å². The Morgan fingerprint density at radius 2 is 2.00 bits per heavy atom. The van der Waals surface area contributed by atoms with Crippen molar-refractivity contribution in [3.63, 3.8) is 0 Å². The van der Waals surface area contributed by atoms with Crippen LogP contribution in [0.1, 0.15) is 85.5 Å². The van der Waals surface area contributed by atoms with Crippen molar-refractivity contribution in [2.24, 2.45) is 28.1 Å². The van der Waals surface area contributed by atoms with E-state index in [0.717, 1.165) is 6.42 Å². The average Bonchev–Trinajstić information content (AvgIpc) is 2.55. The van der Waals surface area contributed by atoms with Gasteiger partial charge in [-0.1, -0.05) is 51.8 Å². The zero-order chi connectivity index (χ0) is 17.6. The fourth-order valence-corrected chi connectivity index (χ4v) is 6.68. The zero-order valence-electron chi connectivity index (χ0n) is 16.3. The number of hydrogen-bond donors (Lipinski definition) is 0. The van der Waals surface area contributed by atoms with E-state index in [9.17, 15) is 4.79 Å². The number of carbonyl (C=O) groups is 1. The molecule has 3 aliphatic rings. The summed E-state index contributed by atoms with van der Waals surface area (Å²) < 4.78 is 0. The summed E-state index contributed by atoms with van der Waals surface area (Å²) in [5.74, 6) is 1.80. The maximum absolute atomic E-state index is 12.3. The Hall–Kier alpha value is -0.850. The third kappa shape index (κ3) is 2.63. The van der Waals surface area contributed by atoms with Crippen molar-refractivity contribution in [2.75, 3.05) is 0 Å². The normalized spacial score (nSPS) is 44.9. The summed E-state index contributed by atoms with van der Waals surface area (Å²) in [5.41, 5.74) is 2.50. The van der Waals surface area contributed by atoms with E-state index >= 15 is 0 Å². The molecule has 24 heavy (non-hydrogen) atoms. The van der Waals surface area contributed by atoms with Crippen molar-refractivity contribution in [3.8, 4) is 0 Å². The smallest absolute Gasteiger partial charge is 0.133 e. The highest BCUT2D eigenvalue weighted by Gasteiger charge is 2.56. The largest absolute Gasteiger partial charge is 0.300 e. The van der Waals surface area contributed by atoms with Crippen molar-refractivity contribution in [3.05, 3.63) is 24.3 Å². The first-order chi connectivity index (χ1) is 11.3. The van der Waals surface area contributed by atoms with E-state index in [4.69, 9.17) is 0 Å². The lowest BCUT2D eigenvalue weighted by molar-refractivity contribution is -0.125. The number of ketones is 1. The first-order valence-electron chi connectivity index (χ1n) is 10.1. The van der Waals surface area contributed by atoms with E-state index < -0.39 is 0 Å². The molecule has 0 spiro atoms. The van der Waals surface area contributed by atoms with Crippen LogP contribution < -0.4 is 0 Å². The van der Waals surface area contributed by atoms with Gasteiger partial charge in [-0.2, -0.15) is 0 Å². The summed E-state index contributed by atoms with van der Waals surface area (Å²) in [6.45, 7) is 13.6. The second kappa shape index (κ2) is 6.15. The molecule has 0 amide bonds. The maximum Gasteiger partial charge on any atom is 0.133 e. The van der Waals surface area contributed by atoms with E-state index in [0.29, 0.717) is 29.5 Å². The number of hydrogen-bond acceptors (Lipinski definition) is 1. The monoisotopic (exact) mass is 328 g/mol. The van der Waals surface area contributed by atoms with Crippen LogP contribution in [0.3, 0.4) is 0 Å². The summed E-state index contributed by atoms with van der Waals surface area (Å²) in [4.78, 5) is 12.3. The van der Waals surface area contributed by atoms with Gasteiger partial charge in [-0.15, -0.1) is 6.58 Å². The van der Waals surface area contributed by atoms with Crippen LogP contribution in [0.4, 0.5) is 0 Å². The highest BCUT2D eigenvalue weighted by Crippen LogP contribution is 2.65. The molecule has 3 aliphatic carbocycles. The van der Waals surface area contributed by atoms with Crippen molar-refractivity contribution >= 4 is 5.78 Å². The van der Waals surface area contributed by atoms with Crippen molar-refractivity contribution in [2.45, 2.75) is 85.5 Å². The zero-order valence-corrected chi connectivity index (χ0v) is 16.3. The minimum Gasteiger partial charge on any atom is -0.300 e. The van der Waals surface area contributed by atoms with E-state index in [-0.39, 0.29) is 10.8 Å². The molecule has 0 bridgehead atoms. The Morgan fingerprint density at radius 1 is 1.25 bits per heavy atom. The standard InChI is InChI=1S/C23H36O/c1-6-17(24)16-22(4)14-9-15-23(5)19-10-8-13-21(3,7-2)18(19)11-12-20(22)23/h7,10,18,20H,2,6,8-9,11-16H2,1,3-5H3/t18?,20?,21-,22-,23-/m0/s1. The molecule has 2 unspecified atom stereocenters. The quantitative estimate of drug-likeness (QED) is 0.539. The van der Waals surface area contributed by atoms with Gasteiger partial charge in [-0.05, 0) is 66.6 Å². The third-order valence-electron chi connectivity index (χ3n) is 8.14. The van der Waals surface area contributed by atoms with E-state index in [1.54, 1.807) is 5.57 Å². The van der Waals surface area contributed by atoms with Crippen LogP contribution in [0.5, 0.6) is 0 Å². The fourth-order valence-electron chi connectivity index (χ4n) is 6.68. The van der Waals surface area contributed by atoms with Crippen LogP contribution in [0.25, 0.3) is 0 Å². The second-order valence-corrected chi connectivity index (χ2v) is 9.58. The van der Waals surface area contributed by atoms with Crippen molar-refractivity contribution in [1.82, 2.24) is 0 Å². The Bertz CT molecular complexity index is 558. The second-order valence-electron chi connectivity index (χ2n) is 9.58. The van der Waals surface area contributed by atoms with Crippen LogP contribution >= 0.6 is 0 Å². The molecule has 1 nitrogen and oxygen atoms in total. The molecule has 0 aromatic heterocycles. The first-order valence-corrected chi connectivity index (χ1v) is 10.1. The van der Waals surface area contributed by atoms with Crippen LogP contribution in [0.15, 0.2) is 24.3 Å². The lowest BCUT2D eigenvalue weighted by Crippen LogP contribution is -2.52. The summed E-state index contributed by atoms with van der Waals surface area (Å²) in [6, 6.07) is 0. The molecule has 0 saturated heterocycles. The van der Waals surface area contributed by atoms with Gasteiger partial charge >= 0.3 is 0 Å². The van der Waals surface area contributed by atoms with Gasteiger partial charge in [-0.25, -0.2) is 0 Å². The molecule has 0 aromatic rings. The van der Waals surface area contributed by atoms with Crippen LogP contribution in [-0.4, -0.2) is 5.78 Å². The minimum atomic E-state index is 0.202. The summed E-state index contributed by atoms with van der Waals surface area (Å²) in [7, 11) is 0. The minimum absolute atomic E-state index is 0.202. The average molecular weight is 329 g/mol. The SMILES string of the molecule is C=C[C@@]1(C)CCC=C2C1CCC1[C@](C)(CC(=O)CC)CCC[C@@]21C. The lowest BCUT2D eigenvalue weighted by atomic mass is 9.44. The van der Waals surface area contributed by atoms with Gasteiger partial charge in [0.1, 0.15) is 5.78 Å². The summed E-state index contributed by atoms with van der Waals surface area (Å²) in [6.07, 6.45) is 15.1. The van der Waals surface area contributed by atoms with Gasteiger partial charge in [0.05, 0.1) is 0 Å². The number of fused-ring (bicyclic) bond motifs is 3. The molecule has 5 atom stereocenters. The number of Topliss-reactive ketones (excluding diaryl/α,β-unsaturated/α-hetero) is 1. The van der Waals surface area contributed by atoms with Gasteiger partial charge in [0.2, 0.25) is 0 Å². The molecule has 2 fully saturated rings. The van der Waals surface area contributed by atoms with Gasteiger partial charge in [-0.3, -0.25) is 4.79 Å². The van der Waals surface area contributed by atoms with Gasteiger partial charge in [0.15, 0.2) is 0 Å². The molecule has 0 aromatic carbocycles. The van der Waals surface area contributed by atoms with E-state index in [1.807, 2.05) is 6.92 Å². The van der Waals surface area contributed by atoms with Crippen LogP contribution in [0, 0.1) is 28.1 Å². The lowest BCUT2D eigenvalue weighted by Gasteiger charge is -2.60. The number of rotatable bonds is 4. The van der Waals surface area contributed by atoms with Gasteiger partial charge in [0, 0.05) is 12.8 Å². The predicted octanol–water partition coefficient (Wildman–Crippen LogP) is 6.49. The maximum atomic E-state index is 12.3. The highest BCUT2D eigenvalue weighted by atomic mass is 16.1. The predicted molar refractivity (Wildman–Crippen MR) is 102 cm³/mol. The number of allylic oxidation sites excluding steroid dienone is 3. The Balaban J connectivity index is 1.96. The molecule has 1 heteroatoms. The first kappa shape index (κ1) is 18.0. The fraction of sp³-hybridized carbons (Fsp3) is 0.783. The Labute approximate surface area is 149 Å². The molecule has 0 N–H and O–H groups in total. The van der Waals surface area contributed by atoms with E-state index in [2.05, 4.69) is 39.5 Å². The summed E-state index contributed by atoms with van der Waals surface area (Å²) in [5, 5.41) is 0. The third-order valence-corrected chi connectivity index (χ3v) is 8.14. The summed E-state index contributed by atoms with van der Waals surface area (Å²) >= 11 is 0. The molecular formula is C23H36O.